The number of nitrogens with zero attached hydrogens (tertiary/aromatic N) is 5. The van der Waals surface area contributed by atoms with Gasteiger partial charge < -0.3 is 25.2 Å². The van der Waals surface area contributed by atoms with Crippen molar-refractivity contribution in [2.45, 2.75) is 31.3 Å². The third-order valence-electron chi connectivity index (χ3n) is 7.66. The summed E-state index contributed by atoms with van der Waals surface area (Å²) >= 11 is 0. The number of aromatic nitrogens is 2. The van der Waals surface area contributed by atoms with Gasteiger partial charge in [-0.1, -0.05) is 6.58 Å². The first-order valence-electron chi connectivity index (χ1n) is 13.8. The summed E-state index contributed by atoms with van der Waals surface area (Å²) < 4.78 is 34.3. The van der Waals surface area contributed by atoms with Crippen molar-refractivity contribution in [3.05, 3.63) is 72.6 Å². The molecule has 0 spiro atoms. The van der Waals surface area contributed by atoms with E-state index in [9.17, 15) is 13.6 Å². The predicted molar refractivity (Wildman–Crippen MR) is 158 cm³/mol. The zero-order chi connectivity index (χ0) is 29.8. The number of carbonyl (C=O) groups excluding carboxylic acids is 1. The Morgan fingerprint density at radius 1 is 1.12 bits per heavy atom. The highest BCUT2D eigenvalue weighted by Crippen LogP contribution is 2.40. The van der Waals surface area contributed by atoms with Gasteiger partial charge in [-0.2, -0.15) is 0 Å². The van der Waals surface area contributed by atoms with Gasteiger partial charge in [-0.15, -0.1) is 0 Å². The molecule has 3 heterocycles. The molecule has 2 aliphatic rings. The molecule has 2 N–H and O–H groups in total. The summed E-state index contributed by atoms with van der Waals surface area (Å²) in [6.45, 7) is 5.56. The third kappa shape index (κ3) is 6.29. The normalized spacial score (nSPS) is 17.4. The van der Waals surface area contributed by atoms with Gasteiger partial charge >= 0.3 is 0 Å². The molecule has 1 atom stereocenters. The largest absolute Gasteiger partial charge is 0.494 e. The molecule has 5 rings (SSSR count). The number of amides is 1. The zero-order valence-corrected chi connectivity index (χ0v) is 23.9. The van der Waals surface area contributed by atoms with Crippen LogP contribution in [0.15, 0.2) is 55.4 Å². The highest BCUT2D eigenvalue weighted by Gasteiger charge is 2.32. The molecule has 0 saturated carbocycles. The molecule has 2 fully saturated rings. The number of benzene rings is 2. The van der Waals surface area contributed by atoms with Crippen molar-refractivity contribution in [3.63, 3.8) is 0 Å². The summed E-state index contributed by atoms with van der Waals surface area (Å²) in [7, 11) is 5.76. The fourth-order valence-corrected chi connectivity index (χ4v) is 5.43. The number of nitrogens with one attached hydrogen (secondary N) is 2. The standard InChI is InChI=1S/C30H35F2N7O3/c1-5-30(40)36-23-15-24(27(41-4)16-26(23)38-11-8-20(9-12-38)37(2)3)35-28-17-29(34-18-33-28)39-25(10-13-42-39)21-14-19(31)6-7-22(21)32/h5-7,14-18,20,25H,1,8-13H2,2-4H3,(H,36,40)(H,33,34,35)/t25-/m1/s1. The van der Waals surface area contributed by atoms with E-state index in [1.807, 2.05) is 6.07 Å². The van der Waals surface area contributed by atoms with Crippen LogP contribution >= 0.6 is 0 Å². The second-order valence-corrected chi connectivity index (χ2v) is 10.5. The summed E-state index contributed by atoms with van der Waals surface area (Å²) in [5, 5.41) is 7.65. The molecule has 2 saturated heterocycles. The minimum absolute atomic E-state index is 0.190. The van der Waals surface area contributed by atoms with E-state index in [1.54, 1.807) is 19.2 Å². The van der Waals surface area contributed by atoms with Crippen LogP contribution in [0.5, 0.6) is 5.75 Å². The number of methoxy groups -OCH3 is 1. The van der Waals surface area contributed by atoms with E-state index >= 15 is 0 Å². The molecule has 12 heteroatoms. The maximum absolute atomic E-state index is 14.6. The van der Waals surface area contributed by atoms with Crippen molar-refractivity contribution < 1.29 is 23.1 Å². The average Bonchev–Trinajstić information content (AvgIpc) is 3.48. The van der Waals surface area contributed by atoms with Crippen LogP contribution in [-0.4, -0.2) is 67.7 Å². The van der Waals surface area contributed by atoms with Gasteiger partial charge in [0.05, 0.1) is 36.8 Å². The second-order valence-electron chi connectivity index (χ2n) is 10.5. The lowest BCUT2D eigenvalue weighted by Crippen LogP contribution is -2.42. The lowest BCUT2D eigenvalue weighted by molar-refractivity contribution is -0.111. The van der Waals surface area contributed by atoms with E-state index < -0.39 is 17.7 Å². The average molecular weight is 580 g/mol. The van der Waals surface area contributed by atoms with E-state index in [4.69, 9.17) is 9.57 Å². The molecule has 1 aromatic heterocycles. The molecule has 0 aliphatic carbocycles. The summed E-state index contributed by atoms with van der Waals surface area (Å²) in [6, 6.07) is 8.65. The second kappa shape index (κ2) is 12.7. The molecule has 222 valence electrons. The van der Waals surface area contributed by atoms with Crippen molar-refractivity contribution in [1.29, 1.82) is 0 Å². The maximum Gasteiger partial charge on any atom is 0.247 e. The van der Waals surface area contributed by atoms with Crippen LogP contribution in [0.1, 0.15) is 30.9 Å². The SMILES string of the molecule is C=CC(=O)Nc1cc(Nc2cc(N3OCC[C@@H]3c3cc(F)ccc3F)ncn2)c(OC)cc1N1CCC(N(C)C)CC1. The van der Waals surface area contributed by atoms with Gasteiger partial charge in [-0.05, 0) is 57.3 Å². The van der Waals surface area contributed by atoms with Crippen molar-refractivity contribution in [3.8, 4) is 5.75 Å². The molecule has 10 nitrogen and oxygen atoms in total. The Labute approximate surface area is 243 Å². The van der Waals surface area contributed by atoms with Gasteiger partial charge in [0.15, 0.2) is 5.82 Å². The third-order valence-corrected chi connectivity index (χ3v) is 7.66. The molecule has 3 aromatic rings. The van der Waals surface area contributed by atoms with E-state index in [1.165, 1.54) is 23.5 Å². The lowest BCUT2D eigenvalue weighted by atomic mass is 10.0. The quantitative estimate of drug-likeness (QED) is 0.338. The monoisotopic (exact) mass is 579 g/mol. The van der Waals surface area contributed by atoms with Crippen LogP contribution in [0.2, 0.25) is 0 Å². The lowest BCUT2D eigenvalue weighted by Gasteiger charge is -2.37. The van der Waals surface area contributed by atoms with Crippen LogP contribution in [0, 0.1) is 11.6 Å². The van der Waals surface area contributed by atoms with E-state index in [-0.39, 0.29) is 11.5 Å². The minimum Gasteiger partial charge on any atom is -0.494 e. The van der Waals surface area contributed by atoms with Gasteiger partial charge in [-0.3, -0.25) is 9.63 Å². The number of carbonyl (C=O) groups is 1. The first-order chi connectivity index (χ1) is 20.3. The van der Waals surface area contributed by atoms with Crippen molar-refractivity contribution >= 4 is 34.6 Å². The Hall–Kier alpha value is -4.29. The van der Waals surface area contributed by atoms with E-state index in [0.29, 0.717) is 47.8 Å². The molecule has 2 aromatic carbocycles. The van der Waals surface area contributed by atoms with Gasteiger partial charge in [0, 0.05) is 43.2 Å². The van der Waals surface area contributed by atoms with Crippen LogP contribution in [0.4, 0.5) is 37.5 Å². The van der Waals surface area contributed by atoms with Gasteiger partial charge in [0.2, 0.25) is 5.91 Å². The molecule has 0 radical (unpaired) electrons. The van der Waals surface area contributed by atoms with Gasteiger partial charge in [-0.25, -0.2) is 23.8 Å². The molecule has 2 aliphatic heterocycles. The molecule has 0 bridgehead atoms. The summed E-state index contributed by atoms with van der Waals surface area (Å²) in [5.41, 5.74) is 2.20. The topological polar surface area (TPSA) is 95.1 Å². The zero-order valence-electron chi connectivity index (χ0n) is 23.9. The van der Waals surface area contributed by atoms with Crippen molar-refractivity contribution in [1.82, 2.24) is 14.9 Å². The van der Waals surface area contributed by atoms with Crippen molar-refractivity contribution in [2.75, 3.05) is 61.5 Å². The summed E-state index contributed by atoms with van der Waals surface area (Å²) in [5.74, 6) is -0.0456. The number of hydroxylamine groups is 1. The number of hydrogen-bond donors (Lipinski definition) is 2. The van der Waals surface area contributed by atoms with Gasteiger partial charge in [0.1, 0.15) is 29.5 Å². The minimum atomic E-state index is -0.561. The van der Waals surface area contributed by atoms with Crippen molar-refractivity contribution in [2.24, 2.45) is 0 Å². The molecular weight excluding hydrogens is 544 g/mol. The van der Waals surface area contributed by atoms with Gasteiger partial charge in [0.25, 0.3) is 0 Å². The Bertz CT molecular complexity index is 1450. The number of ether oxygens (including phenoxy) is 1. The smallest absolute Gasteiger partial charge is 0.247 e. The molecule has 0 unspecified atom stereocenters. The Balaban J connectivity index is 1.43. The van der Waals surface area contributed by atoms with Crippen LogP contribution < -0.4 is 25.3 Å². The molecule has 42 heavy (non-hydrogen) atoms. The summed E-state index contributed by atoms with van der Waals surface area (Å²) in [6.07, 6.45) is 5.03. The van der Waals surface area contributed by atoms with E-state index in [2.05, 4.69) is 51.1 Å². The number of halogens is 2. The van der Waals surface area contributed by atoms with Crippen LogP contribution in [-0.2, 0) is 9.63 Å². The fraction of sp³-hybridized carbons (Fsp3) is 0.367. The molecular formula is C30H35F2N7O3. The fourth-order valence-electron chi connectivity index (χ4n) is 5.43. The number of anilines is 5. The van der Waals surface area contributed by atoms with Crippen LogP contribution in [0.25, 0.3) is 0 Å². The van der Waals surface area contributed by atoms with Crippen LogP contribution in [0.3, 0.4) is 0 Å². The number of rotatable bonds is 9. The predicted octanol–water partition coefficient (Wildman–Crippen LogP) is 5.04. The van der Waals surface area contributed by atoms with E-state index in [0.717, 1.165) is 43.8 Å². The highest BCUT2D eigenvalue weighted by atomic mass is 19.1. The Morgan fingerprint density at radius 3 is 2.62 bits per heavy atom. The first kappa shape index (κ1) is 29.2. The Morgan fingerprint density at radius 2 is 1.90 bits per heavy atom. The Kier molecular flexibility index (Phi) is 8.83. The summed E-state index contributed by atoms with van der Waals surface area (Å²) in [4.78, 5) is 31.3. The first-order valence-corrected chi connectivity index (χ1v) is 13.8. The number of hydrogen-bond acceptors (Lipinski definition) is 9. The maximum atomic E-state index is 14.6. The number of piperidine rings is 1. The molecule has 1 amide bonds. The highest BCUT2D eigenvalue weighted by molar-refractivity contribution is 6.02.